The van der Waals surface area contributed by atoms with Crippen LogP contribution in [0.1, 0.15) is 23.0 Å². The van der Waals surface area contributed by atoms with E-state index in [1.54, 1.807) is 6.20 Å². The maximum atomic E-state index is 12.4. The highest BCUT2D eigenvalue weighted by Gasteiger charge is 2.17. The van der Waals surface area contributed by atoms with Crippen LogP contribution in [-0.4, -0.2) is 48.5 Å². The van der Waals surface area contributed by atoms with Gasteiger partial charge in [0.25, 0.3) is 5.91 Å². The summed E-state index contributed by atoms with van der Waals surface area (Å²) in [5, 5.41) is 3.60. The second-order valence-corrected chi connectivity index (χ2v) is 6.57. The van der Waals surface area contributed by atoms with E-state index < -0.39 is 0 Å². The summed E-state index contributed by atoms with van der Waals surface area (Å²) < 4.78 is 0. The smallest absolute Gasteiger partial charge is 0.270 e. The number of halogens is 1. The van der Waals surface area contributed by atoms with Crippen molar-refractivity contribution in [1.82, 2.24) is 15.2 Å². The summed E-state index contributed by atoms with van der Waals surface area (Å²) in [7, 11) is 0. The zero-order valence-corrected chi connectivity index (χ0v) is 15.2. The summed E-state index contributed by atoms with van der Waals surface area (Å²) in [5.41, 5.74) is 2.51. The fourth-order valence-electron chi connectivity index (χ4n) is 2.94. The molecular weight excluding hydrogens is 336 g/mol. The first-order valence-corrected chi connectivity index (χ1v) is 8.99. The number of aromatic nitrogens is 1. The highest BCUT2D eigenvalue weighted by molar-refractivity contribution is 6.30. The lowest BCUT2D eigenvalue weighted by molar-refractivity contribution is 0.0946. The van der Waals surface area contributed by atoms with Crippen LogP contribution in [0.15, 0.2) is 42.6 Å². The lowest BCUT2D eigenvalue weighted by atomic mass is 10.2. The molecule has 1 amide bonds. The molecule has 5 nitrogen and oxygen atoms in total. The molecule has 0 unspecified atom stereocenters. The summed E-state index contributed by atoms with van der Waals surface area (Å²) in [6, 6.07) is 11.3. The Kier molecular flexibility index (Phi) is 5.89. The predicted octanol–water partition coefficient (Wildman–Crippen LogP) is 2.81. The van der Waals surface area contributed by atoms with Gasteiger partial charge in [0.05, 0.1) is 0 Å². The van der Waals surface area contributed by atoms with Crippen LogP contribution in [0.3, 0.4) is 0 Å². The first-order chi connectivity index (χ1) is 12.2. The van der Waals surface area contributed by atoms with Gasteiger partial charge in [0.2, 0.25) is 0 Å². The molecule has 1 saturated heterocycles. The number of piperazine rings is 1. The molecular formula is C19H23ClN4O. The van der Waals surface area contributed by atoms with Gasteiger partial charge in [-0.15, -0.1) is 0 Å². The Labute approximate surface area is 153 Å². The molecule has 3 rings (SSSR count). The third kappa shape index (κ3) is 4.71. The van der Waals surface area contributed by atoms with Gasteiger partial charge in [-0.25, -0.2) is 0 Å². The Hall–Kier alpha value is -2.11. The minimum atomic E-state index is -0.163. The van der Waals surface area contributed by atoms with Crippen molar-refractivity contribution in [2.75, 3.05) is 37.6 Å². The van der Waals surface area contributed by atoms with Gasteiger partial charge in [0.15, 0.2) is 0 Å². The van der Waals surface area contributed by atoms with Gasteiger partial charge < -0.3 is 15.1 Å². The fraction of sp³-hybridized carbons (Fsp3) is 0.368. The number of nitrogens with zero attached hydrogens (tertiary/aromatic N) is 3. The lowest BCUT2D eigenvalue weighted by Gasteiger charge is -2.35. The normalized spacial score (nSPS) is 15.2. The molecule has 0 radical (unpaired) electrons. The second kappa shape index (κ2) is 8.32. The van der Waals surface area contributed by atoms with Gasteiger partial charge in [-0.3, -0.25) is 9.78 Å². The van der Waals surface area contributed by atoms with E-state index in [-0.39, 0.29) is 5.91 Å². The molecule has 1 aliphatic heterocycles. The van der Waals surface area contributed by atoms with Crippen LogP contribution in [0.5, 0.6) is 0 Å². The van der Waals surface area contributed by atoms with E-state index in [1.807, 2.05) is 36.4 Å². The first-order valence-electron chi connectivity index (χ1n) is 8.61. The fourth-order valence-corrected chi connectivity index (χ4v) is 3.06. The highest BCUT2D eigenvalue weighted by Crippen LogP contribution is 2.17. The summed E-state index contributed by atoms with van der Waals surface area (Å²) in [5.74, 6) is -0.163. The van der Waals surface area contributed by atoms with Crippen LogP contribution in [-0.2, 0) is 6.54 Å². The van der Waals surface area contributed by atoms with Crippen molar-refractivity contribution in [1.29, 1.82) is 0 Å². The third-order valence-corrected chi connectivity index (χ3v) is 4.78. The average molecular weight is 359 g/mol. The molecule has 2 aromatic rings. The van der Waals surface area contributed by atoms with Gasteiger partial charge in [-0.2, -0.15) is 0 Å². The molecule has 6 heteroatoms. The molecule has 1 fully saturated rings. The van der Waals surface area contributed by atoms with E-state index in [0.717, 1.165) is 44.0 Å². The molecule has 1 aromatic heterocycles. The molecule has 1 aliphatic rings. The Morgan fingerprint density at radius 1 is 1.16 bits per heavy atom. The van der Waals surface area contributed by atoms with Crippen molar-refractivity contribution in [2.45, 2.75) is 13.5 Å². The molecule has 25 heavy (non-hydrogen) atoms. The number of rotatable bonds is 5. The number of hydrogen-bond donors (Lipinski definition) is 1. The lowest BCUT2D eigenvalue weighted by Crippen LogP contribution is -2.46. The molecule has 0 spiro atoms. The monoisotopic (exact) mass is 358 g/mol. The van der Waals surface area contributed by atoms with E-state index in [9.17, 15) is 4.79 Å². The topological polar surface area (TPSA) is 48.5 Å². The molecule has 0 saturated carbocycles. The molecule has 0 aliphatic carbocycles. The standard InChI is InChI=1S/C19H23ClN4O/c1-2-23-9-11-24(12-10-23)17-7-8-21-18(13-17)19(25)22-14-15-3-5-16(20)6-4-15/h3-8,13H,2,9-12,14H2,1H3,(H,22,25). The van der Waals surface area contributed by atoms with Gasteiger partial charge in [0.1, 0.15) is 5.69 Å². The molecule has 1 aromatic carbocycles. The molecule has 132 valence electrons. The van der Waals surface area contributed by atoms with Crippen molar-refractivity contribution < 1.29 is 4.79 Å². The van der Waals surface area contributed by atoms with Crippen molar-refractivity contribution in [3.05, 3.63) is 58.9 Å². The van der Waals surface area contributed by atoms with E-state index in [0.29, 0.717) is 17.3 Å². The van der Waals surface area contributed by atoms with E-state index in [4.69, 9.17) is 11.6 Å². The molecule has 2 heterocycles. The predicted molar refractivity (Wildman–Crippen MR) is 101 cm³/mol. The number of benzene rings is 1. The number of pyridine rings is 1. The number of anilines is 1. The van der Waals surface area contributed by atoms with Crippen molar-refractivity contribution in [2.24, 2.45) is 0 Å². The van der Waals surface area contributed by atoms with Crippen LogP contribution in [0, 0.1) is 0 Å². The van der Waals surface area contributed by atoms with Crippen molar-refractivity contribution >= 4 is 23.2 Å². The minimum Gasteiger partial charge on any atom is -0.369 e. The number of likely N-dealkylation sites (N-methyl/N-ethyl adjacent to an activating group) is 1. The SMILES string of the molecule is CCN1CCN(c2ccnc(C(=O)NCc3ccc(Cl)cc3)c2)CC1. The Morgan fingerprint density at radius 3 is 2.56 bits per heavy atom. The zero-order valence-electron chi connectivity index (χ0n) is 14.4. The van der Waals surface area contributed by atoms with Crippen LogP contribution >= 0.6 is 11.6 Å². The van der Waals surface area contributed by atoms with Crippen LogP contribution in [0.2, 0.25) is 5.02 Å². The highest BCUT2D eigenvalue weighted by atomic mass is 35.5. The van der Waals surface area contributed by atoms with E-state index in [2.05, 4.69) is 27.0 Å². The minimum absolute atomic E-state index is 0.163. The largest absolute Gasteiger partial charge is 0.369 e. The van der Waals surface area contributed by atoms with Crippen molar-refractivity contribution in [3.8, 4) is 0 Å². The summed E-state index contributed by atoms with van der Waals surface area (Å²) >= 11 is 5.87. The number of carbonyl (C=O) groups is 1. The number of hydrogen-bond acceptors (Lipinski definition) is 4. The molecule has 0 bridgehead atoms. The number of carbonyl (C=O) groups excluding carboxylic acids is 1. The van der Waals surface area contributed by atoms with Gasteiger partial charge in [-0.1, -0.05) is 30.7 Å². The summed E-state index contributed by atoms with van der Waals surface area (Å²) in [4.78, 5) is 21.4. The third-order valence-electron chi connectivity index (χ3n) is 4.53. The Morgan fingerprint density at radius 2 is 1.88 bits per heavy atom. The van der Waals surface area contributed by atoms with E-state index >= 15 is 0 Å². The Balaban J connectivity index is 1.60. The van der Waals surface area contributed by atoms with Gasteiger partial charge in [-0.05, 0) is 36.4 Å². The van der Waals surface area contributed by atoms with Crippen LogP contribution in [0.4, 0.5) is 5.69 Å². The zero-order chi connectivity index (χ0) is 17.6. The average Bonchev–Trinajstić information content (AvgIpc) is 2.67. The maximum absolute atomic E-state index is 12.4. The second-order valence-electron chi connectivity index (χ2n) is 6.13. The molecule has 1 N–H and O–H groups in total. The molecule has 0 atom stereocenters. The van der Waals surface area contributed by atoms with Crippen LogP contribution in [0.25, 0.3) is 0 Å². The summed E-state index contributed by atoms with van der Waals surface area (Å²) in [6.07, 6.45) is 1.71. The number of nitrogens with one attached hydrogen (secondary N) is 1. The van der Waals surface area contributed by atoms with Gasteiger partial charge >= 0.3 is 0 Å². The Bertz CT molecular complexity index is 712. The van der Waals surface area contributed by atoms with Gasteiger partial charge in [0, 0.05) is 49.6 Å². The number of amides is 1. The van der Waals surface area contributed by atoms with Crippen LogP contribution < -0.4 is 10.2 Å². The first kappa shape index (κ1) is 17.7. The quantitative estimate of drug-likeness (QED) is 0.892. The van der Waals surface area contributed by atoms with E-state index in [1.165, 1.54) is 0 Å². The summed E-state index contributed by atoms with van der Waals surface area (Å²) in [6.45, 7) is 7.78. The maximum Gasteiger partial charge on any atom is 0.270 e. The van der Waals surface area contributed by atoms with Crippen molar-refractivity contribution in [3.63, 3.8) is 0 Å².